The lowest BCUT2D eigenvalue weighted by atomic mass is 10.2. The predicted molar refractivity (Wildman–Crippen MR) is 69.0 cm³/mol. The van der Waals surface area contributed by atoms with Crippen LogP contribution >= 0.6 is 0 Å². The van der Waals surface area contributed by atoms with Crippen molar-refractivity contribution >= 4 is 0 Å². The van der Waals surface area contributed by atoms with Gasteiger partial charge in [0.15, 0.2) is 11.5 Å². The van der Waals surface area contributed by atoms with Crippen LogP contribution in [-0.2, 0) is 13.6 Å². The van der Waals surface area contributed by atoms with Crippen molar-refractivity contribution in [1.82, 2.24) is 9.78 Å². The summed E-state index contributed by atoms with van der Waals surface area (Å²) in [4.78, 5) is 0. The molecule has 0 fully saturated rings. The monoisotopic (exact) mass is 301 g/mol. The molecule has 114 valence electrons. The molecule has 2 rings (SSSR count). The molecule has 2 aromatic rings. The molecule has 0 unspecified atom stereocenters. The van der Waals surface area contributed by atoms with Gasteiger partial charge in [-0.3, -0.25) is 0 Å². The SMILES string of the molecule is Cc1nn(C)c(Oc2ccccc2OC(F)(F)F)c1CN. The normalized spacial score (nSPS) is 11.5. The van der Waals surface area contributed by atoms with E-state index >= 15 is 0 Å². The highest BCUT2D eigenvalue weighted by molar-refractivity contribution is 5.43. The fraction of sp³-hybridized carbons (Fsp3) is 0.308. The van der Waals surface area contributed by atoms with Gasteiger partial charge in [0.25, 0.3) is 0 Å². The number of aromatic nitrogens is 2. The van der Waals surface area contributed by atoms with Crippen molar-refractivity contribution in [1.29, 1.82) is 0 Å². The third-order valence-corrected chi connectivity index (χ3v) is 2.77. The fourth-order valence-corrected chi connectivity index (χ4v) is 1.89. The summed E-state index contributed by atoms with van der Waals surface area (Å²) in [5, 5.41) is 4.13. The van der Waals surface area contributed by atoms with Crippen LogP contribution in [0.1, 0.15) is 11.3 Å². The summed E-state index contributed by atoms with van der Waals surface area (Å²) in [5.41, 5.74) is 6.89. The Hall–Kier alpha value is -2.22. The zero-order chi connectivity index (χ0) is 15.6. The second kappa shape index (κ2) is 5.65. The van der Waals surface area contributed by atoms with Crippen LogP contribution in [0.15, 0.2) is 24.3 Å². The van der Waals surface area contributed by atoms with Gasteiger partial charge in [-0.2, -0.15) is 5.10 Å². The minimum absolute atomic E-state index is 0.0625. The van der Waals surface area contributed by atoms with Crippen molar-refractivity contribution in [2.75, 3.05) is 0 Å². The molecule has 0 radical (unpaired) electrons. The summed E-state index contributed by atoms with van der Waals surface area (Å²) in [5.74, 6) is -0.201. The minimum Gasteiger partial charge on any atom is -0.435 e. The van der Waals surface area contributed by atoms with Gasteiger partial charge in [-0.25, -0.2) is 4.68 Å². The van der Waals surface area contributed by atoms with Crippen LogP contribution < -0.4 is 15.2 Å². The van der Waals surface area contributed by atoms with Gasteiger partial charge < -0.3 is 15.2 Å². The summed E-state index contributed by atoms with van der Waals surface area (Å²) in [6.45, 7) is 1.91. The van der Waals surface area contributed by atoms with Crippen LogP contribution in [0.25, 0.3) is 0 Å². The van der Waals surface area contributed by atoms with Crippen LogP contribution in [-0.4, -0.2) is 16.1 Å². The Balaban J connectivity index is 2.36. The van der Waals surface area contributed by atoms with Gasteiger partial charge in [0.2, 0.25) is 5.88 Å². The highest BCUT2D eigenvalue weighted by Gasteiger charge is 2.32. The minimum atomic E-state index is -4.79. The number of nitrogens with two attached hydrogens (primary N) is 1. The second-order valence-corrected chi connectivity index (χ2v) is 4.29. The number of halogens is 3. The van der Waals surface area contributed by atoms with Crippen molar-refractivity contribution in [3.05, 3.63) is 35.5 Å². The van der Waals surface area contributed by atoms with Crippen molar-refractivity contribution in [3.63, 3.8) is 0 Å². The van der Waals surface area contributed by atoms with E-state index in [2.05, 4.69) is 9.84 Å². The van der Waals surface area contributed by atoms with Gasteiger partial charge in [0, 0.05) is 13.6 Å². The number of para-hydroxylation sites is 2. The van der Waals surface area contributed by atoms with Crippen molar-refractivity contribution in [3.8, 4) is 17.4 Å². The molecule has 0 spiro atoms. The molecule has 2 N–H and O–H groups in total. The van der Waals surface area contributed by atoms with Crippen LogP contribution in [0.2, 0.25) is 0 Å². The van der Waals surface area contributed by atoms with Crippen LogP contribution in [0.5, 0.6) is 17.4 Å². The molecule has 1 aromatic heterocycles. The number of rotatable bonds is 4. The lowest BCUT2D eigenvalue weighted by Crippen LogP contribution is -2.17. The second-order valence-electron chi connectivity index (χ2n) is 4.29. The highest BCUT2D eigenvalue weighted by Crippen LogP contribution is 2.36. The lowest BCUT2D eigenvalue weighted by molar-refractivity contribution is -0.275. The maximum atomic E-state index is 12.4. The molecule has 0 aliphatic carbocycles. The van der Waals surface area contributed by atoms with E-state index in [1.165, 1.54) is 22.9 Å². The molecule has 0 atom stereocenters. The Morgan fingerprint density at radius 2 is 1.86 bits per heavy atom. The first-order valence-electron chi connectivity index (χ1n) is 6.07. The maximum absolute atomic E-state index is 12.4. The molecule has 1 heterocycles. The summed E-state index contributed by atoms with van der Waals surface area (Å²) >= 11 is 0. The third kappa shape index (κ3) is 3.46. The predicted octanol–water partition coefficient (Wildman–Crippen LogP) is 2.88. The first-order valence-corrected chi connectivity index (χ1v) is 6.07. The average molecular weight is 301 g/mol. The van der Waals surface area contributed by atoms with Crippen LogP contribution in [0.4, 0.5) is 13.2 Å². The number of aryl methyl sites for hydroxylation is 2. The van der Waals surface area contributed by atoms with E-state index < -0.39 is 12.1 Å². The number of hydrogen-bond donors (Lipinski definition) is 1. The molecule has 0 aliphatic rings. The van der Waals surface area contributed by atoms with Crippen molar-refractivity contribution in [2.45, 2.75) is 19.8 Å². The van der Waals surface area contributed by atoms with Crippen molar-refractivity contribution < 1.29 is 22.6 Å². The molecule has 0 bridgehead atoms. The largest absolute Gasteiger partial charge is 0.573 e. The van der Waals surface area contributed by atoms with Crippen LogP contribution in [0.3, 0.4) is 0 Å². The number of hydrogen-bond acceptors (Lipinski definition) is 4. The molecule has 0 amide bonds. The molecule has 0 aliphatic heterocycles. The standard InChI is InChI=1S/C13H14F3N3O2/c1-8-9(7-17)12(19(2)18-8)20-10-5-3-4-6-11(10)21-13(14,15)16/h3-6H,7,17H2,1-2H3. The van der Waals surface area contributed by atoms with Gasteiger partial charge in [0.1, 0.15) is 0 Å². The highest BCUT2D eigenvalue weighted by atomic mass is 19.4. The summed E-state index contributed by atoms with van der Waals surface area (Å²) < 4.78 is 48.0. The topological polar surface area (TPSA) is 62.3 Å². The molecular weight excluding hydrogens is 287 g/mol. The lowest BCUT2D eigenvalue weighted by Gasteiger charge is -2.14. The van der Waals surface area contributed by atoms with E-state index in [0.717, 1.165) is 0 Å². The Bertz CT molecular complexity index is 638. The molecule has 1 aromatic carbocycles. The molecule has 8 heteroatoms. The smallest absolute Gasteiger partial charge is 0.435 e. The zero-order valence-corrected chi connectivity index (χ0v) is 11.4. The molecule has 0 saturated heterocycles. The van der Waals surface area contributed by atoms with E-state index in [-0.39, 0.29) is 18.2 Å². The first kappa shape index (κ1) is 15.2. The summed E-state index contributed by atoms with van der Waals surface area (Å²) in [6.07, 6.45) is -4.79. The van der Waals surface area contributed by atoms with Gasteiger partial charge in [0.05, 0.1) is 11.3 Å². The average Bonchev–Trinajstić information content (AvgIpc) is 2.64. The fourth-order valence-electron chi connectivity index (χ4n) is 1.89. The van der Waals surface area contributed by atoms with Gasteiger partial charge in [-0.15, -0.1) is 13.2 Å². The van der Waals surface area contributed by atoms with Gasteiger partial charge >= 0.3 is 6.36 Å². The van der Waals surface area contributed by atoms with E-state index in [0.29, 0.717) is 11.3 Å². The zero-order valence-electron chi connectivity index (χ0n) is 11.4. The van der Waals surface area contributed by atoms with E-state index in [9.17, 15) is 13.2 Å². The molecule has 0 saturated carbocycles. The van der Waals surface area contributed by atoms with Crippen molar-refractivity contribution in [2.24, 2.45) is 12.8 Å². The summed E-state index contributed by atoms with van der Waals surface area (Å²) in [6, 6.07) is 5.52. The number of benzene rings is 1. The van der Waals surface area contributed by atoms with Gasteiger partial charge in [-0.05, 0) is 19.1 Å². The quantitative estimate of drug-likeness (QED) is 0.943. The number of nitrogens with zero attached hydrogens (tertiary/aromatic N) is 2. The van der Waals surface area contributed by atoms with Gasteiger partial charge in [-0.1, -0.05) is 12.1 Å². The van der Waals surface area contributed by atoms with E-state index in [1.807, 2.05) is 0 Å². The first-order chi connectivity index (χ1) is 9.81. The Morgan fingerprint density at radius 1 is 1.24 bits per heavy atom. The third-order valence-electron chi connectivity index (χ3n) is 2.77. The van der Waals surface area contributed by atoms with Crippen LogP contribution in [0, 0.1) is 6.92 Å². The molecule has 21 heavy (non-hydrogen) atoms. The molecule has 5 nitrogen and oxygen atoms in total. The summed E-state index contributed by atoms with van der Waals surface area (Å²) in [7, 11) is 1.62. The Labute approximate surface area is 119 Å². The molecular formula is C13H14F3N3O2. The van der Waals surface area contributed by atoms with E-state index in [4.69, 9.17) is 10.5 Å². The number of ether oxygens (including phenoxy) is 2. The number of alkyl halides is 3. The Kier molecular flexibility index (Phi) is 4.08. The van der Waals surface area contributed by atoms with E-state index in [1.54, 1.807) is 20.0 Å². The maximum Gasteiger partial charge on any atom is 0.573 e. The Morgan fingerprint density at radius 3 is 2.43 bits per heavy atom.